The first-order valence-corrected chi connectivity index (χ1v) is 12.7. The van der Waals surface area contributed by atoms with Crippen molar-refractivity contribution in [1.82, 2.24) is 19.9 Å². The minimum Gasteiger partial charge on any atom is -0.342 e. The van der Waals surface area contributed by atoms with Gasteiger partial charge < -0.3 is 14.8 Å². The van der Waals surface area contributed by atoms with E-state index in [0.717, 1.165) is 50.8 Å². The lowest BCUT2D eigenvalue weighted by molar-refractivity contribution is -0.165. The van der Waals surface area contributed by atoms with Crippen molar-refractivity contribution in [3.63, 3.8) is 0 Å². The van der Waals surface area contributed by atoms with Gasteiger partial charge in [0.15, 0.2) is 16.7 Å². The summed E-state index contributed by atoms with van der Waals surface area (Å²) in [4.78, 5) is 18.9. The number of rotatable bonds is 5. The number of pyridine rings is 1. The van der Waals surface area contributed by atoms with Crippen molar-refractivity contribution in [2.24, 2.45) is 5.92 Å². The predicted octanol–water partition coefficient (Wildman–Crippen LogP) is 5.34. The first kappa shape index (κ1) is 21.8. The van der Waals surface area contributed by atoms with E-state index >= 15 is 0 Å². The second-order valence-corrected chi connectivity index (χ2v) is 10.6. The molecule has 2 aliphatic rings. The Kier molecular flexibility index (Phi) is 5.28. The number of nitrogens with zero attached hydrogens (tertiary/aromatic N) is 4. The van der Waals surface area contributed by atoms with Crippen molar-refractivity contribution in [3.05, 3.63) is 36.3 Å². The molecule has 0 amide bonds. The Bertz CT molecular complexity index is 1210. The summed E-state index contributed by atoms with van der Waals surface area (Å²) in [5, 5.41) is 5.24. The monoisotopic (exact) mass is 469 g/mol. The molecule has 1 saturated carbocycles. The summed E-state index contributed by atoms with van der Waals surface area (Å²) in [5.41, 5.74) is 2.92. The molecule has 3 aromatic heterocycles. The van der Waals surface area contributed by atoms with Gasteiger partial charge in [-0.25, -0.2) is 15.0 Å². The van der Waals surface area contributed by atoms with Crippen LogP contribution in [0, 0.1) is 19.8 Å². The van der Waals surface area contributed by atoms with E-state index < -0.39 is 11.5 Å². The van der Waals surface area contributed by atoms with Crippen LogP contribution in [-0.4, -0.2) is 43.8 Å². The van der Waals surface area contributed by atoms with Gasteiger partial charge in [0.25, 0.3) is 0 Å². The summed E-state index contributed by atoms with van der Waals surface area (Å²) >= 11 is 3.14. The van der Waals surface area contributed by atoms with Gasteiger partial charge in [-0.3, -0.25) is 4.98 Å². The highest BCUT2D eigenvalue weighted by atomic mass is 32.2. The van der Waals surface area contributed by atoms with Crippen LogP contribution in [0.1, 0.15) is 38.1 Å². The number of fused-ring (bicyclic) bond motifs is 2. The molecule has 3 aromatic rings. The average molecular weight is 470 g/mol. The first-order valence-electron chi connectivity index (χ1n) is 10.7. The lowest BCUT2D eigenvalue weighted by Gasteiger charge is -2.31. The zero-order valence-corrected chi connectivity index (χ0v) is 20.6. The quantitative estimate of drug-likeness (QED) is 0.304. The van der Waals surface area contributed by atoms with Gasteiger partial charge in [0.1, 0.15) is 22.4 Å². The van der Waals surface area contributed by atoms with Crippen LogP contribution in [0.5, 0.6) is 0 Å². The molecule has 0 radical (unpaired) electrons. The van der Waals surface area contributed by atoms with Gasteiger partial charge in [-0.05, 0) is 52.9 Å². The largest absolute Gasteiger partial charge is 0.342 e. The van der Waals surface area contributed by atoms with E-state index in [4.69, 9.17) is 24.4 Å². The maximum absolute atomic E-state index is 6.50. The molecule has 0 aromatic carbocycles. The van der Waals surface area contributed by atoms with E-state index in [1.54, 1.807) is 11.3 Å². The van der Waals surface area contributed by atoms with Gasteiger partial charge in [0.2, 0.25) is 0 Å². The fraction of sp³-hybridized carbons (Fsp3) is 0.478. The number of thioether (sulfide) groups is 1. The van der Waals surface area contributed by atoms with Crippen LogP contribution in [0.25, 0.3) is 20.8 Å². The van der Waals surface area contributed by atoms with E-state index in [0.29, 0.717) is 5.16 Å². The van der Waals surface area contributed by atoms with Crippen LogP contribution < -0.4 is 5.32 Å². The Hall–Kier alpha value is -2.07. The molecular weight excluding hydrogens is 442 g/mol. The number of hydrogen-bond donors (Lipinski definition) is 1. The molecule has 7 nitrogen and oxygen atoms in total. The smallest absolute Gasteiger partial charge is 0.189 e. The second kappa shape index (κ2) is 7.76. The molecule has 3 atom stereocenters. The molecule has 5 rings (SSSR count). The zero-order chi connectivity index (χ0) is 22.7. The molecule has 3 unspecified atom stereocenters. The highest BCUT2D eigenvalue weighted by Gasteiger charge is 2.59. The summed E-state index contributed by atoms with van der Waals surface area (Å²) in [6, 6.07) is 2.00. The molecular formula is C23H27N5O2S2. The third-order valence-corrected chi connectivity index (χ3v) is 7.71. The van der Waals surface area contributed by atoms with E-state index in [1.807, 2.05) is 52.3 Å². The lowest BCUT2D eigenvalue weighted by Crippen LogP contribution is -2.45. The Balaban J connectivity index is 1.64. The highest BCUT2D eigenvalue weighted by Crippen LogP contribution is 2.50. The third-order valence-electron chi connectivity index (χ3n) is 6.12. The number of thiazole rings is 1. The molecule has 1 saturated heterocycles. The van der Waals surface area contributed by atoms with Crippen LogP contribution in [-0.2, 0) is 9.47 Å². The molecule has 2 fully saturated rings. The number of ether oxygens (including phenoxy) is 2. The van der Waals surface area contributed by atoms with E-state index in [9.17, 15) is 0 Å². The van der Waals surface area contributed by atoms with Gasteiger partial charge in [0.05, 0.1) is 21.7 Å². The number of hydrogen-bond acceptors (Lipinski definition) is 9. The predicted molar refractivity (Wildman–Crippen MR) is 129 cm³/mol. The number of nitrogens with one attached hydrogen (secondary N) is 1. The Morgan fingerprint density at radius 2 is 2.06 bits per heavy atom. The second-order valence-electron chi connectivity index (χ2n) is 8.77. The molecule has 1 aliphatic carbocycles. The zero-order valence-electron chi connectivity index (χ0n) is 18.9. The van der Waals surface area contributed by atoms with Crippen LogP contribution in [0.4, 0.5) is 5.82 Å². The van der Waals surface area contributed by atoms with Gasteiger partial charge >= 0.3 is 0 Å². The molecule has 1 N–H and O–H groups in total. The summed E-state index contributed by atoms with van der Waals surface area (Å²) in [5.74, 6) is 0.247. The molecule has 9 heteroatoms. The van der Waals surface area contributed by atoms with Gasteiger partial charge in [-0.1, -0.05) is 17.8 Å². The third kappa shape index (κ3) is 3.51. The fourth-order valence-electron chi connectivity index (χ4n) is 4.76. The summed E-state index contributed by atoms with van der Waals surface area (Å²) in [7, 11) is 0. The first-order chi connectivity index (χ1) is 15.2. The molecule has 0 bridgehead atoms. The van der Waals surface area contributed by atoms with Gasteiger partial charge in [0, 0.05) is 12.1 Å². The normalized spacial score (nSPS) is 26.4. The van der Waals surface area contributed by atoms with E-state index in [-0.39, 0.29) is 12.0 Å². The molecule has 168 valence electrons. The van der Waals surface area contributed by atoms with Crippen molar-refractivity contribution in [3.8, 4) is 10.6 Å². The van der Waals surface area contributed by atoms with Gasteiger partial charge in [-0.15, -0.1) is 17.9 Å². The number of aryl methyl sites for hydroxylation is 2. The van der Waals surface area contributed by atoms with Crippen LogP contribution in [0.3, 0.4) is 0 Å². The molecule has 32 heavy (non-hydrogen) atoms. The van der Waals surface area contributed by atoms with Crippen LogP contribution in [0.15, 0.2) is 30.1 Å². The van der Waals surface area contributed by atoms with Crippen molar-refractivity contribution in [2.75, 3.05) is 11.6 Å². The number of anilines is 1. The van der Waals surface area contributed by atoms with Crippen molar-refractivity contribution in [1.29, 1.82) is 0 Å². The fourth-order valence-corrected chi connectivity index (χ4v) is 6.28. The highest BCUT2D eigenvalue weighted by molar-refractivity contribution is 7.98. The maximum Gasteiger partial charge on any atom is 0.189 e. The Morgan fingerprint density at radius 3 is 2.78 bits per heavy atom. The number of aromatic nitrogens is 4. The lowest BCUT2D eigenvalue weighted by atomic mass is 10.0. The molecule has 4 heterocycles. The van der Waals surface area contributed by atoms with Crippen LogP contribution in [0.2, 0.25) is 0 Å². The summed E-state index contributed by atoms with van der Waals surface area (Å²) in [6.07, 6.45) is 7.38. The standard InChI is InChI=1S/C23H27N5O2S2/c1-7-14-8-10-23(18(14)29-22(4,5)30-23)28-19-16(12(2)25-21(27-19)31-6)20-26-17-13(3)24-11-9-15(17)32-20/h7,9,11,14,18H,1,8,10H2,2-6H3,(H,25,27,28). The summed E-state index contributed by atoms with van der Waals surface area (Å²) in [6.45, 7) is 11.9. The summed E-state index contributed by atoms with van der Waals surface area (Å²) < 4.78 is 13.9. The van der Waals surface area contributed by atoms with Crippen molar-refractivity contribution < 1.29 is 9.47 Å². The average Bonchev–Trinajstić information content (AvgIpc) is 3.37. The minimum atomic E-state index is -0.692. The van der Waals surface area contributed by atoms with E-state index in [1.165, 1.54) is 11.8 Å². The van der Waals surface area contributed by atoms with Crippen molar-refractivity contribution in [2.45, 2.75) is 63.3 Å². The topological polar surface area (TPSA) is 82.1 Å². The van der Waals surface area contributed by atoms with Gasteiger partial charge in [-0.2, -0.15) is 0 Å². The molecule has 0 spiro atoms. The molecule has 1 aliphatic heterocycles. The Morgan fingerprint density at radius 1 is 1.25 bits per heavy atom. The van der Waals surface area contributed by atoms with Crippen LogP contribution >= 0.6 is 23.1 Å². The SMILES string of the molecule is C=CC1CCC2(Nc3nc(SC)nc(C)c3-c3nc4c(C)nccc4s3)OC(C)(C)OC12. The maximum atomic E-state index is 6.50. The minimum absolute atomic E-state index is 0.141. The Labute approximate surface area is 196 Å². The van der Waals surface area contributed by atoms with Crippen molar-refractivity contribution >= 4 is 39.1 Å². The van der Waals surface area contributed by atoms with E-state index in [2.05, 4.69) is 16.9 Å².